The molecule has 1 aliphatic rings. The first-order chi connectivity index (χ1) is 9.70. The quantitative estimate of drug-likeness (QED) is 0.748. The van der Waals surface area contributed by atoms with Gasteiger partial charge in [-0.15, -0.1) is 0 Å². The molecule has 0 bridgehead atoms. The lowest BCUT2D eigenvalue weighted by Gasteiger charge is -2.27. The zero-order valence-corrected chi connectivity index (χ0v) is 12.3. The van der Waals surface area contributed by atoms with Crippen molar-refractivity contribution in [3.05, 3.63) is 29.8 Å². The van der Waals surface area contributed by atoms with Crippen LogP contribution in [0.4, 0.5) is 0 Å². The number of methoxy groups -OCH3 is 1. The number of nitrogens with zero attached hydrogens (tertiary/aromatic N) is 1. The summed E-state index contributed by atoms with van der Waals surface area (Å²) in [6.45, 7) is 2.04. The average Bonchev–Trinajstić information content (AvgIpc) is 2.48. The van der Waals surface area contributed by atoms with E-state index >= 15 is 0 Å². The lowest BCUT2D eigenvalue weighted by Crippen LogP contribution is -2.36. The van der Waals surface area contributed by atoms with Gasteiger partial charge in [0.15, 0.2) is 5.78 Å². The molecule has 2 rings (SSSR count). The van der Waals surface area contributed by atoms with Crippen LogP contribution in [0.25, 0.3) is 0 Å². The van der Waals surface area contributed by atoms with Crippen molar-refractivity contribution in [1.82, 2.24) is 4.90 Å². The number of benzene rings is 1. The molecule has 0 spiro atoms. The molecule has 1 atom stereocenters. The van der Waals surface area contributed by atoms with Crippen LogP contribution >= 0.6 is 0 Å². The van der Waals surface area contributed by atoms with Gasteiger partial charge in [0.2, 0.25) is 0 Å². The van der Waals surface area contributed by atoms with E-state index in [2.05, 4.69) is 0 Å². The predicted molar refractivity (Wildman–Crippen MR) is 78.4 cm³/mol. The van der Waals surface area contributed by atoms with Crippen molar-refractivity contribution in [3.8, 4) is 5.75 Å². The normalized spacial score (nSPS) is 19.1. The van der Waals surface area contributed by atoms with Crippen molar-refractivity contribution in [3.63, 3.8) is 0 Å². The topological polar surface area (TPSA) is 38.8 Å². The van der Waals surface area contributed by atoms with Gasteiger partial charge in [0.1, 0.15) is 5.75 Å². The Bertz CT molecular complexity index is 441. The monoisotopic (exact) mass is 277 g/mol. The summed E-state index contributed by atoms with van der Waals surface area (Å²) < 4.78 is 10.9. The fourth-order valence-corrected chi connectivity index (χ4v) is 2.57. The van der Waals surface area contributed by atoms with Crippen LogP contribution in [0.15, 0.2) is 24.3 Å². The lowest BCUT2D eigenvalue weighted by atomic mass is 10.1. The Morgan fingerprint density at radius 1 is 1.40 bits per heavy atom. The third-order valence-corrected chi connectivity index (χ3v) is 3.61. The molecule has 110 valence electrons. The first-order valence-electron chi connectivity index (χ1n) is 7.17. The van der Waals surface area contributed by atoms with Gasteiger partial charge in [-0.3, -0.25) is 9.69 Å². The van der Waals surface area contributed by atoms with E-state index in [4.69, 9.17) is 9.47 Å². The van der Waals surface area contributed by atoms with Gasteiger partial charge in [-0.1, -0.05) is 12.1 Å². The molecule has 4 heteroatoms. The number of rotatable bonds is 6. The molecule has 0 amide bonds. The van der Waals surface area contributed by atoms with Gasteiger partial charge in [0, 0.05) is 13.2 Å². The number of carbonyl (C=O) groups is 1. The number of hydrogen-bond acceptors (Lipinski definition) is 4. The molecule has 1 heterocycles. The Labute approximate surface area is 120 Å². The van der Waals surface area contributed by atoms with Crippen LogP contribution in [0.5, 0.6) is 5.75 Å². The maximum Gasteiger partial charge on any atom is 0.180 e. The third-order valence-electron chi connectivity index (χ3n) is 3.61. The Morgan fingerprint density at radius 3 is 2.90 bits per heavy atom. The summed E-state index contributed by atoms with van der Waals surface area (Å²) in [6, 6.07) is 7.36. The summed E-state index contributed by atoms with van der Waals surface area (Å²) in [6.07, 6.45) is 3.73. The third kappa shape index (κ3) is 4.05. The van der Waals surface area contributed by atoms with Crippen molar-refractivity contribution in [2.75, 3.05) is 33.9 Å². The minimum absolute atomic E-state index is 0.0840. The summed E-state index contributed by atoms with van der Waals surface area (Å²) in [5.41, 5.74) is 0.645. The molecule has 1 unspecified atom stereocenters. The summed E-state index contributed by atoms with van der Waals surface area (Å²) in [5.74, 6) is 0.723. The summed E-state index contributed by atoms with van der Waals surface area (Å²) in [5, 5.41) is 0. The van der Waals surface area contributed by atoms with E-state index in [0.29, 0.717) is 17.9 Å². The van der Waals surface area contributed by atoms with Gasteiger partial charge in [0.05, 0.1) is 25.3 Å². The maximum atomic E-state index is 12.3. The summed E-state index contributed by atoms with van der Waals surface area (Å²) >= 11 is 0. The predicted octanol–water partition coefficient (Wildman–Crippen LogP) is 2.38. The Kier molecular flexibility index (Phi) is 5.56. The molecule has 0 aliphatic carbocycles. The van der Waals surface area contributed by atoms with Crippen LogP contribution in [0, 0.1) is 0 Å². The molecule has 20 heavy (non-hydrogen) atoms. The van der Waals surface area contributed by atoms with Gasteiger partial charge in [-0.25, -0.2) is 0 Å². The summed E-state index contributed by atoms with van der Waals surface area (Å²) in [7, 11) is 3.55. The lowest BCUT2D eigenvalue weighted by molar-refractivity contribution is -0.000676. The van der Waals surface area contributed by atoms with Crippen molar-refractivity contribution in [2.45, 2.75) is 25.4 Å². The van der Waals surface area contributed by atoms with Crippen molar-refractivity contribution in [1.29, 1.82) is 0 Å². The minimum Gasteiger partial charge on any atom is -0.496 e. The summed E-state index contributed by atoms with van der Waals surface area (Å²) in [4.78, 5) is 14.3. The highest BCUT2D eigenvalue weighted by Gasteiger charge is 2.19. The second-order valence-corrected chi connectivity index (χ2v) is 5.31. The van der Waals surface area contributed by atoms with Crippen molar-refractivity contribution in [2.24, 2.45) is 0 Å². The Morgan fingerprint density at radius 2 is 2.20 bits per heavy atom. The maximum absolute atomic E-state index is 12.3. The Hall–Kier alpha value is -1.39. The average molecular weight is 277 g/mol. The molecular formula is C16H23NO3. The first-order valence-corrected chi connectivity index (χ1v) is 7.17. The van der Waals surface area contributed by atoms with Crippen LogP contribution in [0.2, 0.25) is 0 Å². The number of ether oxygens (including phenoxy) is 2. The van der Waals surface area contributed by atoms with E-state index in [0.717, 1.165) is 26.0 Å². The fraction of sp³-hybridized carbons (Fsp3) is 0.562. The van der Waals surface area contributed by atoms with Crippen LogP contribution in [-0.2, 0) is 4.74 Å². The van der Waals surface area contributed by atoms with Crippen LogP contribution in [-0.4, -0.2) is 50.6 Å². The molecule has 1 saturated heterocycles. The van der Waals surface area contributed by atoms with Crippen LogP contribution in [0.1, 0.15) is 29.6 Å². The van der Waals surface area contributed by atoms with E-state index in [1.807, 2.05) is 36.2 Å². The van der Waals surface area contributed by atoms with E-state index in [1.165, 1.54) is 6.42 Å². The largest absolute Gasteiger partial charge is 0.496 e. The minimum atomic E-state index is 0.0840. The van der Waals surface area contributed by atoms with Gasteiger partial charge in [0.25, 0.3) is 0 Å². The molecule has 1 aromatic carbocycles. The SMILES string of the molecule is COc1ccccc1C(=O)CN(C)CC1CCCCO1. The van der Waals surface area contributed by atoms with E-state index in [-0.39, 0.29) is 11.9 Å². The highest BCUT2D eigenvalue weighted by atomic mass is 16.5. The number of hydrogen-bond donors (Lipinski definition) is 0. The Balaban J connectivity index is 1.89. The van der Waals surface area contributed by atoms with Crippen LogP contribution < -0.4 is 4.74 Å². The van der Waals surface area contributed by atoms with Crippen molar-refractivity contribution < 1.29 is 14.3 Å². The zero-order chi connectivity index (χ0) is 14.4. The number of Topliss-reactive ketones (excluding diaryl/α,β-unsaturated/α-hetero) is 1. The van der Waals surface area contributed by atoms with Gasteiger partial charge < -0.3 is 9.47 Å². The molecule has 0 N–H and O–H groups in total. The number of carbonyl (C=O) groups excluding carboxylic acids is 1. The number of ketones is 1. The second-order valence-electron chi connectivity index (χ2n) is 5.31. The van der Waals surface area contributed by atoms with Gasteiger partial charge in [-0.2, -0.15) is 0 Å². The molecule has 4 nitrogen and oxygen atoms in total. The van der Waals surface area contributed by atoms with Gasteiger partial charge >= 0.3 is 0 Å². The molecule has 1 aromatic rings. The van der Waals surface area contributed by atoms with E-state index in [9.17, 15) is 4.79 Å². The second kappa shape index (κ2) is 7.41. The number of likely N-dealkylation sites (N-methyl/N-ethyl adjacent to an activating group) is 1. The fourth-order valence-electron chi connectivity index (χ4n) is 2.57. The highest BCUT2D eigenvalue weighted by molar-refractivity contribution is 6.00. The molecule has 0 aromatic heterocycles. The molecule has 1 aliphatic heterocycles. The van der Waals surface area contributed by atoms with Crippen molar-refractivity contribution >= 4 is 5.78 Å². The first kappa shape index (κ1) is 15.0. The van der Waals surface area contributed by atoms with Crippen LogP contribution in [0.3, 0.4) is 0 Å². The molecule has 1 fully saturated rings. The van der Waals surface area contributed by atoms with E-state index < -0.39 is 0 Å². The zero-order valence-electron chi connectivity index (χ0n) is 12.3. The van der Waals surface area contributed by atoms with E-state index in [1.54, 1.807) is 7.11 Å². The molecule has 0 radical (unpaired) electrons. The molecular weight excluding hydrogens is 254 g/mol. The standard InChI is InChI=1S/C16H23NO3/c1-17(11-13-7-5-6-10-20-13)12-15(18)14-8-3-4-9-16(14)19-2/h3-4,8-9,13H,5-7,10-12H2,1-2H3. The van der Waals surface area contributed by atoms with Gasteiger partial charge in [-0.05, 0) is 38.4 Å². The number of para-hydroxylation sites is 1. The molecule has 0 saturated carbocycles. The smallest absolute Gasteiger partial charge is 0.180 e. The highest BCUT2D eigenvalue weighted by Crippen LogP contribution is 2.18.